The Labute approximate surface area is 105 Å². The highest BCUT2D eigenvalue weighted by molar-refractivity contribution is 8.13. The van der Waals surface area contributed by atoms with E-state index >= 15 is 0 Å². The molecule has 0 bridgehead atoms. The molecule has 0 aliphatic heterocycles. The summed E-state index contributed by atoms with van der Waals surface area (Å²) in [6, 6.07) is 0. The molecule has 0 aromatic carbocycles. The van der Waals surface area contributed by atoms with Gasteiger partial charge in [-0.2, -0.15) is 13.2 Å². The van der Waals surface area contributed by atoms with Gasteiger partial charge in [0.15, 0.2) is 11.3 Å². The van der Waals surface area contributed by atoms with Crippen molar-refractivity contribution in [1.82, 2.24) is 0 Å². The van der Waals surface area contributed by atoms with Gasteiger partial charge in [-0.1, -0.05) is 18.7 Å². The van der Waals surface area contributed by atoms with Gasteiger partial charge in [-0.05, 0) is 6.42 Å². The first kappa shape index (κ1) is 17.6. The second-order valence-electron chi connectivity index (χ2n) is 3.64. The molecule has 0 saturated heterocycles. The van der Waals surface area contributed by atoms with E-state index in [0.717, 1.165) is 11.8 Å². The first-order chi connectivity index (χ1) is 8.18. The van der Waals surface area contributed by atoms with E-state index in [9.17, 15) is 31.1 Å². The Hall–Kier alpha value is -0.400. The van der Waals surface area contributed by atoms with E-state index < -0.39 is 37.5 Å². The fourth-order valence-corrected chi connectivity index (χ4v) is 1.82. The third kappa shape index (κ3) is 7.13. The number of hydrogen-bond donors (Lipinski definition) is 0. The molecule has 0 rings (SSSR count). The van der Waals surface area contributed by atoms with Gasteiger partial charge in [-0.25, -0.2) is 13.2 Å². The number of rotatable bonds is 7. The first-order valence-corrected chi connectivity index (χ1v) is 6.31. The predicted octanol–water partition coefficient (Wildman–Crippen LogP) is 4.01. The molecule has 0 aliphatic carbocycles. The molecule has 0 heterocycles. The van der Waals surface area contributed by atoms with Crippen LogP contribution in [-0.2, 0) is 4.79 Å². The number of thioether (sulfide) groups is 1. The third-order valence-electron chi connectivity index (χ3n) is 2.13. The largest absolute Gasteiger partial charge is 0.419 e. The van der Waals surface area contributed by atoms with E-state index in [2.05, 4.69) is 0 Å². The van der Waals surface area contributed by atoms with Crippen LogP contribution < -0.4 is 0 Å². The molecule has 0 aliphatic rings. The maximum absolute atomic E-state index is 13.1. The number of alkyl halides is 6. The topological polar surface area (TPSA) is 17.1 Å². The van der Waals surface area contributed by atoms with Crippen LogP contribution in [0.15, 0.2) is 0 Å². The molecule has 108 valence electrons. The Morgan fingerprint density at radius 2 is 1.72 bits per heavy atom. The lowest BCUT2D eigenvalue weighted by molar-refractivity contribution is -0.186. The highest BCUT2D eigenvalue weighted by Crippen LogP contribution is 2.29. The molecule has 0 aromatic rings. The van der Waals surface area contributed by atoms with Crippen molar-refractivity contribution in [3.63, 3.8) is 0 Å². The standard InChI is InChI=1S/C10H14F6OS/c1-2-9(17)18-4-3-6(11)7(12)5-8(13)10(14,15)16/h6-8H,2-5H2,1H3. The summed E-state index contributed by atoms with van der Waals surface area (Å²) in [6.45, 7) is 1.59. The quantitative estimate of drug-likeness (QED) is 0.660. The summed E-state index contributed by atoms with van der Waals surface area (Å²) in [5.74, 6) is -0.0305. The van der Waals surface area contributed by atoms with Crippen LogP contribution in [0.3, 0.4) is 0 Å². The Morgan fingerprint density at radius 1 is 1.17 bits per heavy atom. The molecule has 8 heteroatoms. The van der Waals surface area contributed by atoms with Crippen molar-refractivity contribution >= 4 is 16.9 Å². The number of halogens is 6. The van der Waals surface area contributed by atoms with Gasteiger partial charge in [0.1, 0.15) is 12.3 Å². The average Bonchev–Trinajstić information content (AvgIpc) is 2.27. The molecule has 3 unspecified atom stereocenters. The van der Waals surface area contributed by atoms with Gasteiger partial charge < -0.3 is 0 Å². The minimum Gasteiger partial charge on any atom is -0.287 e. The van der Waals surface area contributed by atoms with E-state index in [1.165, 1.54) is 0 Å². The first-order valence-electron chi connectivity index (χ1n) is 5.33. The average molecular weight is 296 g/mol. The molecule has 0 amide bonds. The van der Waals surface area contributed by atoms with Gasteiger partial charge in [0.2, 0.25) is 0 Å². The van der Waals surface area contributed by atoms with Crippen molar-refractivity contribution in [1.29, 1.82) is 0 Å². The second-order valence-corrected chi connectivity index (χ2v) is 4.79. The Kier molecular flexibility index (Phi) is 7.73. The minimum atomic E-state index is -5.17. The molecule has 3 atom stereocenters. The normalized spacial score (nSPS) is 17.3. The Bertz CT molecular complexity index is 257. The highest BCUT2D eigenvalue weighted by Gasteiger charge is 2.42. The van der Waals surface area contributed by atoms with E-state index in [0.29, 0.717) is 0 Å². The molecule has 18 heavy (non-hydrogen) atoms. The minimum absolute atomic E-state index is 0.0305. The summed E-state index contributed by atoms with van der Waals surface area (Å²) in [6.07, 6.45) is -15.0. The van der Waals surface area contributed by atoms with Crippen LogP contribution in [0.2, 0.25) is 0 Å². The number of hydrogen-bond acceptors (Lipinski definition) is 2. The van der Waals surface area contributed by atoms with Crippen LogP contribution in [0.1, 0.15) is 26.2 Å². The van der Waals surface area contributed by atoms with Gasteiger partial charge >= 0.3 is 6.18 Å². The maximum Gasteiger partial charge on any atom is 0.419 e. The zero-order chi connectivity index (χ0) is 14.3. The summed E-state index contributed by atoms with van der Waals surface area (Å²) in [5.41, 5.74) is 0. The lowest BCUT2D eigenvalue weighted by Gasteiger charge is -2.17. The van der Waals surface area contributed by atoms with Crippen molar-refractivity contribution in [3.05, 3.63) is 0 Å². The summed E-state index contributed by atoms with van der Waals surface area (Å²) >= 11 is 0.785. The van der Waals surface area contributed by atoms with Crippen LogP contribution in [0.5, 0.6) is 0 Å². The third-order valence-corrected chi connectivity index (χ3v) is 3.18. The lowest BCUT2D eigenvalue weighted by Crippen LogP contribution is -2.31. The van der Waals surface area contributed by atoms with Crippen molar-refractivity contribution in [2.75, 3.05) is 5.75 Å². The maximum atomic E-state index is 13.1. The van der Waals surface area contributed by atoms with Crippen molar-refractivity contribution in [2.24, 2.45) is 0 Å². The molecule has 0 spiro atoms. The molecular weight excluding hydrogens is 282 g/mol. The molecular formula is C10H14F6OS. The lowest BCUT2D eigenvalue weighted by atomic mass is 10.1. The highest BCUT2D eigenvalue weighted by atomic mass is 32.2. The molecule has 0 fully saturated rings. The fraction of sp³-hybridized carbons (Fsp3) is 0.900. The number of carbonyl (C=O) groups is 1. The summed E-state index contributed by atoms with van der Waals surface area (Å²) in [7, 11) is 0. The summed E-state index contributed by atoms with van der Waals surface area (Å²) < 4.78 is 73.8. The molecule has 0 N–H and O–H groups in total. The monoisotopic (exact) mass is 296 g/mol. The molecule has 0 saturated carbocycles. The zero-order valence-electron chi connectivity index (χ0n) is 9.64. The predicted molar refractivity (Wildman–Crippen MR) is 57.7 cm³/mol. The van der Waals surface area contributed by atoms with Crippen LogP contribution in [0.25, 0.3) is 0 Å². The summed E-state index contributed by atoms with van der Waals surface area (Å²) in [5, 5.41) is -0.212. The zero-order valence-corrected chi connectivity index (χ0v) is 10.5. The van der Waals surface area contributed by atoms with Crippen molar-refractivity contribution < 1.29 is 31.1 Å². The number of carbonyl (C=O) groups excluding carboxylic acids is 1. The van der Waals surface area contributed by atoms with Crippen molar-refractivity contribution in [2.45, 2.75) is 50.9 Å². The van der Waals surface area contributed by atoms with Gasteiger partial charge in [0.25, 0.3) is 0 Å². The SMILES string of the molecule is CCC(=O)SCCC(F)C(F)CC(F)C(F)(F)F. The van der Waals surface area contributed by atoms with Crippen molar-refractivity contribution in [3.8, 4) is 0 Å². The second kappa shape index (κ2) is 7.91. The van der Waals surface area contributed by atoms with Gasteiger partial charge in [-0.3, -0.25) is 4.79 Å². The van der Waals surface area contributed by atoms with Gasteiger partial charge in [-0.15, -0.1) is 0 Å². The Balaban J connectivity index is 3.96. The van der Waals surface area contributed by atoms with Crippen LogP contribution >= 0.6 is 11.8 Å². The van der Waals surface area contributed by atoms with E-state index in [1.807, 2.05) is 0 Å². The van der Waals surface area contributed by atoms with Crippen LogP contribution in [0, 0.1) is 0 Å². The van der Waals surface area contributed by atoms with E-state index in [4.69, 9.17) is 0 Å². The van der Waals surface area contributed by atoms with Crippen LogP contribution in [-0.4, -0.2) is 35.6 Å². The van der Waals surface area contributed by atoms with E-state index in [-0.39, 0.29) is 17.3 Å². The van der Waals surface area contributed by atoms with E-state index in [1.54, 1.807) is 6.92 Å². The van der Waals surface area contributed by atoms with Gasteiger partial charge in [0, 0.05) is 18.6 Å². The Morgan fingerprint density at radius 3 is 2.17 bits per heavy atom. The smallest absolute Gasteiger partial charge is 0.287 e. The van der Waals surface area contributed by atoms with Gasteiger partial charge in [0.05, 0.1) is 0 Å². The van der Waals surface area contributed by atoms with Crippen LogP contribution in [0.4, 0.5) is 26.3 Å². The molecule has 1 nitrogen and oxygen atoms in total. The fourth-order valence-electron chi connectivity index (χ4n) is 1.05. The molecule has 0 radical (unpaired) electrons. The molecule has 0 aromatic heterocycles. The summed E-state index contributed by atoms with van der Waals surface area (Å²) in [4.78, 5) is 10.8.